The Morgan fingerprint density at radius 3 is 2.35 bits per heavy atom. The van der Waals surface area contributed by atoms with Gasteiger partial charge in [-0.1, -0.05) is 24.3 Å². The molecule has 0 amide bonds. The third kappa shape index (κ3) is 2.24. The summed E-state index contributed by atoms with van der Waals surface area (Å²) >= 11 is 0. The average molecular weight is 221 g/mol. The summed E-state index contributed by atoms with van der Waals surface area (Å²) in [6, 6.07) is 15.1. The quantitative estimate of drug-likeness (QED) is 0.730. The SMILES string of the molecule is Cc1cc(C=O)ccc1-c1ccc(C#N)cc1. The second-order valence-corrected chi connectivity index (χ2v) is 3.88. The molecule has 0 aliphatic carbocycles. The average Bonchev–Trinajstić information content (AvgIpc) is 2.39. The van der Waals surface area contributed by atoms with E-state index in [2.05, 4.69) is 6.07 Å². The van der Waals surface area contributed by atoms with E-state index in [0.29, 0.717) is 11.1 Å². The van der Waals surface area contributed by atoms with Crippen LogP contribution in [-0.4, -0.2) is 6.29 Å². The first kappa shape index (κ1) is 11.1. The van der Waals surface area contributed by atoms with E-state index in [1.54, 1.807) is 18.2 Å². The lowest BCUT2D eigenvalue weighted by atomic mass is 9.98. The first-order valence-corrected chi connectivity index (χ1v) is 5.31. The standard InChI is InChI=1S/C15H11NO/c1-11-8-13(10-17)4-7-15(11)14-5-2-12(9-16)3-6-14/h2-8,10H,1H3. The molecule has 2 aromatic carbocycles. The maximum absolute atomic E-state index is 10.7. The van der Waals surface area contributed by atoms with Gasteiger partial charge < -0.3 is 0 Å². The highest BCUT2D eigenvalue weighted by molar-refractivity contribution is 5.78. The number of aryl methyl sites for hydroxylation is 1. The van der Waals surface area contributed by atoms with Crippen molar-refractivity contribution >= 4 is 6.29 Å². The molecule has 17 heavy (non-hydrogen) atoms. The first-order valence-electron chi connectivity index (χ1n) is 5.31. The van der Waals surface area contributed by atoms with E-state index in [1.807, 2.05) is 31.2 Å². The van der Waals surface area contributed by atoms with Gasteiger partial charge in [-0.3, -0.25) is 4.79 Å². The van der Waals surface area contributed by atoms with Crippen molar-refractivity contribution in [2.24, 2.45) is 0 Å². The van der Waals surface area contributed by atoms with Gasteiger partial charge in [0.25, 0.3) is 0 Å². The minimum Gasteiger partial charge on any atom is -0.298 e. The van der Waals surface area contributed by atoms with Gasteiger partial charge in [0.2, 0.25) is 0 Å². The topological polar surface area (TPSA) is 40.9 Å². The molecule has 0 spiro atoms. The zero-order chi connectivity index (χ0) is 12.3. The number of hydrogen-bond acceptors (Lipinski definition) is 2. The number of carbonyl (C=O) groups is 1. The predicted molar refractivity (Wildman–Crippen MR) is 66.7 cm³/mol. The van der Waals surface area contributed by atoms with Crippen LogP contribution in [0.15, 0.2) is 42.5 Å². The van der Waals surface area contributed by atoms with Crippen molar-refractivity contribution in [1.29, 1.82) is 5.26 Å². The molecule has 82 valence electrons. The van der Waals surface area contributed by atoms with Crippen LogP contribution in [0.25, 0.3) is 11.1 Å². The monoisotopic (exact) mass is 221 g/mol. The van der Waals surface area contributed by atoms with Crippen LogP contribution in [0.5, 0.6) is 0 Å². The van der Waals surface area contributed by atoms with Crippen molar-refractivity contribution in [2.75, 3.05) is 0 Å². The normalized spacial score (nSPS) is 9.65. The van der Waals surface area contributed by atoms with E-state index in [9.17, 15) is 4.79 Å². The van der Waals surface area contributed by atoms with Gasteiger partial charge in [-0.05, 0) is 41.8 Å². The molecule has 0 unspecified atom stereocenters. The van der Waals surface area contributed by atoms with Gasteiger partial charge in [-0.15, -0.1) is 0 Å². The van der Waals surface area contributed by atoms with Gasteiger partial charge in [-0.25, -0.2) is 0 Å². The molecule has 0 radical (unpaired) electrons. The molecule has 0 aliphatic rings. The van der Waals surface area contributed by atoms with Crippen LogP contribution in [-0.2, 0) is 0 Å². The van der Waals surface area contributed by atoms with Crippen LogP contribution in [0.2, 0.25) is 0 Å². The lowest BCUT2D eigenvalue weighted by molar-refractivity contribution is 0.112. The molecule has 0 saturated heterocycles. The number of aldehydes is 1. The fraction of sp³-hybridized carbons (Fsp3) is 0.0667. The molecule has 0 N–H and O–H groups in total. The molecule has 0 atom stereocenters. The predicted octanol–water partition coefficient (Wildman–Crippen LogP) is 3.35. The third-order valence-corrected chi connectivity index (χ3v) is 2.71. The Labute approximate surface area is 100 Å². The van der Waals surface area contributed by atoms with Crippen LogP contribution >= 0.6 is 0 Å². The van der Waals surface area contributed by atoms with Crippen LogP contribution < -0.4 is 0 Å². The minimum atomic E-state index is 0.649. The van der Waals surface area contributed by atoms with E-state index in [-0.39, 0.29) is 0 Å². The second kappa shape index (κ2) is 4.63. The first-order chi connectivity index (χ1) is 8.24. The lowest BCUT2D eigenvalue weighted by Crippen LogP contribution is -1.87. The zero-order valence-electron chi connectivity index (χ0n) is 9.47. The number of benzene rings is 2. The van der Waals surface area contributed by atoms with Crippen LogP contribution in [0, 0.1) is 18.3 Å². The maximum atomic E-state index is 10.7. The number of nitriles is 1. The van der Waals surface area contributed by atoms with E-state index < -0.39 is 0 Å². The summed E-state index contributed by atoms with van der Waals surface area (Å²) < 4.78 is 0. The van der Waals surface area contributed by atoms with E-state index in [1.165, 1.54) is 0 Å². The van der Waals surface area contributed by atoms with Gasteiger partial charge in [0.05, 0.1) is 11.6 Å². The number of rotatable bonds is 2. The van der Waals surface area contributed by atoms with Gasteiger partial charge in [0.1, 0.15) is 6.29 Å². The lowest BCUT2D eigenvalue weighted by Gasteiger charge is -2.06. The molecule has 0 aliphatic heterocycles. The smallest absolute Gasteiger partial charge is 0.150 e. The van der Waals surface area contributed by atoms with Crippen molar-refractivity contribution in [3.05, 3.63) is 59.2 Å². The highest BCUT2D eigenvalue weighted by atomic mass is 16.1. The van der Waals surface area contributed by atoms with Crippen molar-refractivity contribution in [1.82, 2.24) is 0 Å². The molecular formula is C15H11NO. The summed E-state index contributed by atoms with van der Waals surface area (Å²) in [5, 5.41) is 8.73. The van der Waals surface area contributed by atoms with E-state index in [4.69, 9.17) is 5.26 Å². The molecule has 2 heteroatoms. The van der Waals surface area contributed by atoms with Gasteiger partial charge in [-0.2, -0.15) is 5.26 Å². The highest BCUT2D eigenvalue weighted by Gasteiger charge is 2.02. The number of nitrogens with zero attached hydrogens (tertiary/aromatic N) is 1. The molecule has 0 aromatic heterocycles. The Morgan fingerprint density at radius 1 is 1.12 bits per heavy atom. The Kier molecular flexibility index (Phi) is 3.02. The summed E-state index contributed by atoms with van der Waals surface area (Å²) in [6.07, 6.45) is 0.843. The zero-order valence-corrected chi connectivity index (χ0v) is 9.47. The summed E-state index contributed by atoms with van der Waals surface area (Å²) in [5.41, 5.74) is 4.52. The molecule has 2 aromatic rings. The molecule has 2 nitrogen and oxygen atoms in total. The van der Waals surface area contributed by atoms with Gasteiger partial charge >= 0.3 is 0 Å². The van der Waals surface area contributed by atoms with Crippen LogP contribution in [0.4, 0.5) is 0 Å². The number of hydrogen-bond donors (Lipinski definition) is 0. The largest absolute Gasteiger partial charge is 0.298 e. The van der Waals surface area contributed by atoms with Crippen LogP contribution in [0.1, 0.15) is 21.5 Å². The molecule has 0 bridgehead atoms. The van der Waals surface area contributed by atoms with Crippen molar-refractivity contribution in [3.63, 3.8) is 0 Å². The number of carbonyl (C=O) groups excluding carboxylic acids is 1. The Morgan fingerprint density at radius 2 is 1.82 bits per heavy atom. The molecule has 0 heterocycles. The Bertz CT molecular complexity index is 591. The van der Waals surface area contributed by atoms with E-state index >= 15 is 0 Å². The molecule has 0 fully saturated rings. The molecule has 2 rings (SSSR count). The summed E-state index contributed by atoms with van der Waals surface area (Å²) in [5.74, 6) is 0. The minimum absolute atomic E-state index is 0.649. The van der Waals surface area contributed by atoms with Gasteiger partial charge in [0, 0.05) is 5.56 Å². The Balaban J connectivity index is 2.46. The van der Waals surface area contributed by atoms with Crippen molar-refractivity contribution in [2.45, 2.75) is 6.92 Å². The van der Waals surface area contributed by atoms with Crippen molar-refractivity contribution in [3.8, 4) is 17.2 Å². The fourth-order valence-corrected chi connectivity index (χ4v) is 1.81. The van der Waals surface area contributed by atoms with Gasteiger partial charge in [0.15, 0.2) is 0 Å². The summed E-state index contributed by atoms with van der Waals surface area (Å²) in [7, 11) is 0. The summed E-state index contributed by atoms with van der Waals surface area (Å²) in [4.78, 5) is 10.7. The van der Waals surface area contributed by atoms with Crippen molar-refractivity contribution < 1.29 is 4.79 Å². The Hall–Kier alpha value is -2.40. The summed E-state index contributed by atoms with van der Waals surface area (Å²) in [6.45, 7) is 1.97. The maximum Gasteiger partial charge on any atom is 0.150 e. The molecular weight excluding hydrogens is 210 g/mol. The highest BCUT2D eigenvalue weighted by Crippen LogP contribution is 2.24. The fourth-order valence-electron chi connectivity index (χ4n) is 1.81. The van der Waals surface area contributed by atoms with Crippen LogP contribution in [0.3, 0.4) is 0 Å². The van der Waals surface area contributed by atoms with E-state index in [0.717, 1.165) is 23.0 Å². The third-order valence-electron chi connectivity index (χ3n) is 2.71. The second-order valence-electron chi connectivity index (χ2n) is 3.88. The molecule has 0 saturated carbocycles.